The average molecular weight is 491 g/mol. The summed E-state index contributed by atoms with van der Waals surface area (Å²) in [6, 6.07) is 11.8. The van der Waals surface area contributed by atoms with Gasteiger partial charge in [-0.3, -0.25) is 5.41 Å². The highest BCUT2D eigenvalue weighted by Crippen LogP contribution is 2.20. The highest BCUT2D eigenvalue weighted by atomic mass is 32.2. The number of ether oxygens (including phenoxy) is 2. The van der Waals surface area contributed by atoms with Gasteiger partial charge in [-0.05, 0) is 95.8 Å². The molecule has 0 unspecified atom stereocenters. The Bertz CT molecular complexity index is 917. The second kappa shape index (κ2) is 14.9. The molecule has 0 bridgehead atoms. The largest absolute Gasteiger partial charge is 0.492 e. The molecule has 0 saturated heterocycles. The molecule has 2 aromatic rings. The number of rotatable bonds is 10. The number of likely N-dealkylation sites (N-methyl/N-ethyl adjacent to an activating group) is 2. The van der Waals surface area contributed by atoms with Gasteiger partial charge in [0.2, 0.25) is 0 Å². The van der Waals surface area contributed by atoms with Gasteiger partial charge in [0.1, 0.15) is 29.7 Å². The molecule has 6 nitrogen and oxygen atoms in total. The van der Waals surface area contributed by atoms with E-state index in [1.54, 1.807) is 0 Å². The van der Waals surface area contributed by atoms with Crippen LogP contribution in [0.3, 0.4) is 0 Å². The Kier molecular flexibility index (Phi) is 13.1. The molecular formula is C25H38N4O2S2. The van der Waals surface area contributed by atoms with Gasteiger partial charge in [0.25, 0.3) is 0 Å². The van der Waals surface area contributed by atoms with E-state index in [1.165, 1.54) is 11.8 Å². The van der Waals surface area contributed by atoms with Crippen LogP contribution in [-0.4, -0.2) is 80.6 Å². The highest BCUT2D eigenvalue weighted by molar-refractivity contribution is 8.13. The molecule has 0 spiro atoms. The van der Waals surface area contributed by atoms with Gasteiger partial charge in [-0.15, -0.1) is 11.8 Å². The van der Waals surface area contributed by atoms with Crippen LogP contribution in [0.25, 0.3) is 0 Å². The smallest absolute Gasteiger partial charge is 0.120 e. The number of nitrogens with one attached hydrogen (secondary N) is 1. The summed E-state index contributed by atoms with van der Waals surface area (Å²) in [4.78, 5) is 4.56. The number of thioether (sulfide) groups is 1. The van der Waals surface area contributed by atoms with E-state index in [9.17, 15) is 0 Å². The Morgan fingerprint density at radius 2 is 1.27 bits per heavy atom. The fourth-order valence-electron chi connectivity index (χ4n) is 2.75. The summed E-state index contributed by atoms with van der Waals surface area (Å²) >= 11 is 6.39. The van der Waals surface area contributed by atoms with Gasteiger partial charge in [0.15, 0.2) is 0 Å². The minimum atomic E-state index is 0.404. The molecule has 0 aliphatic carbocycles. The molecule has 0 aliphatic rings. The van der Waals surface area contributed by atoms with Crippen molar-refractivity contribution in [3.05, 3.63) is 58.7 Å². The lowest BCUT2D eigenvalue weighted by Gasteiger charge is -2.12. The number of nitrogens with zero attached hydrogens (tertiary/aromatic N) is 2. The normalized spacial score (nSPS) is 10.6. The molecule has 0 amide bonds. The van der Waals surface area contributed by atoms with E-state index < -0.39 is 0 Å². The number of hydrogen-bond acceptors (Lipinski definition) is 7. The van der Waals surface area contributed by atoms with Gasteiger partial charge >= 0.3 is 0 Å². The molecule has 2 rings (SSSR count). The molecule has 0 atom stereocenters. The molecule has 0 heterocycles. The van der Waals surface area contributed by atoms with Crippen molar-refractivity contribution in [2.45, 2.75) is 13.8 Å². The van der Waals surface area contributed by atoms with Crippen molar-refractivity contribution in [1.82, 2.24) is 9.80 Å². The molecule has 0 aliphatic heterocycles. The topological polar surface area (TPSA) is 74.8 Å². The van der Waals surface area contributed by atoms with Crippen molar-refractivity contribution in [3.63, 3.8) is 0 Å². The molecule has 3 N–H and O–H groups in total. The van der Waals surface area contributed by atoms with Crippen LogP contribution in [-0.2, 0) is 0 Å². The summed E-state index contributed by atoms with van der Waals surface area (Å²) in [5.41, 5.74) is 9.61. The summed E-state index contributed by atoms with van der Waals surface area (Å²) in [5, 5.41) is 8.39. The molecule has 2 aromatic carbocycles. The van der Waals surface area contributed by atoms with Gasteiger partial charge in [-0.1, -0.05) is 12.2 Å². The Balaban J connectivity index is 0.000000331. The third-order valence-electron chi connectivity index (χ3n) is 4.47. The molecule has 182 valence electrons. The third-order valence-corrected chi connectivity index (χ3v) is 5.35. The first-order valence-electron chi connectivity index (χ1n) is 10.7. The Morgan fingerprint density at radius 1 is 0.848 bits per heavy atom. The zero-order valence-electron chi connectivity index (χ0n) is 20.9. The monoisotopic (exact) mass is 490 g/mol. The number of aryl methyl sites for hydroxylation is 2. The predicted octanol–water partition coefficient (Wildman–Crippen LogP) is 4.19. The SMILES string of the molecule is CSC(=N)c1cc(C)cc(OCCN(C)C)c1.Cc1cc(OCCN(C)C)cc(C(N)=S)c1. The molecule has 0 radical (unpaired) electrons. The van der Waals surface area contributed by atoms with Crippen molar-refractivity contribution < 1.29 is 9.47 Å². The minimum Gasteiger partial charge on any atom is -0.492 e. The van der Waals surface area contributed by atoms with Gasteiger partial charge in [0, 0.05) is 24.2 Å². The van der Waals surface area contributed by atoms with E-state index in [1.807, 2.05) is 84.7 Å². The Morgan fingerprint density at radius 3 is 1.67 bits per heavy atom. The van der Waals surface area contributed by atoms with Gasteiger partial charge in [-0.25, -0.2) is 0 Å². The molecule has 8 heteroatoms. The van der Waals surface area contributed by atoms with Crippen LogP contribution >= 0.6 is 24.0 Å². The fraction of sp³-hybridized carbons (Fsp3) is 0.440. The van der Waals surface area contributed by atoms with Gasteiger partial charge in [-0.2, -0.15) is 0 Å². The zero-order chi connectivity index (χ0) is 25.0. The van der Waals surface area contributed by atoms with Crippen LogP contribution in [0.2, 0.25) is 0 Å². The van der Waals surface area contributed by atoms with Crippen LogP contribution in [0.4, 0.5) is 0 Å². The van der Waals surface area contributed by atoms with E-state index >= 15 is 0 Å². The third kappa shape index (κ3) is 12.1. The summed E-state index contributed by atoms with van der Waals surface area (Å²) < 4.78 is 11.3. The lowest BCUT2D eigenvalue weighted by atomic mass is 10.1. The van der Waals surface area contributed by atoms with Crippen molar-refractivity contribution in [1.29, 1.82) is 5.41 Å². The first-order valence-corrected chi connectivity index (χ1v) is 12.4. The van der Waals surface area contributed by atoms with E-state index in [4.69, 9.17) is 32.8 Å². The first-order chi connectivity index (χ1) is 15.5. The minimum absolute atomic E-state index is 0.404. The Labute approximate surface area is 208 Å². The summed E-state index contributed by atoms with van der Waals surface area (Å²) in [7, 11) is 8.07. The fourth-order valence-corrected chi connectivity index (χ4v) is 3.22. The predicted molar refractivity (Wildman–Crippen MR) is 147 cm³/mol. The van der Waals surface area contributed by atoms with Crippen molar-refractivity contribution in [2.75, 3.05) is 60.7 Å². The lowest BCUT2D eigenvalue weighted by Crippen LogP contribution is -2.19. The zero-order valence-corrected chi connectivity index (χ0v) is 22.5. The molecule has 0 fully saturated rings. The Hall–Kier alpha value is -2.13. The van der Waals surface area contributed by atoms with E-state index in [-0.39, 0.29) is 0 Å². The summed E-state index contributed by atoms with van der Waals surface area (Å²) in [6.07, 6.45) is 1.91. The van der Waals surface area contributed by atoms with Crippen molar-refractivity contribution >= 4 is 34.0 Å². The standard InChI is InChI=1S/C13H20N2OS.C12H18N2OS/c1-10-7-11(13(14)17-4)9-12(8-10)16-6-5-15(2)3;1-9-6-10(12(13)16)8-11(7-9)15-5-4-14(2)3/h7-9,14H,5-6H2,1-4H3;6-8H,4-5H2,1-3H3,(H2,13,16). The quantitative estimate of drug-likeness (QED) is 0.294. The summed E-state index contributed by atoms with van der Waals surface area (Å²) in [6.45, 7) is 7.13. The second-order valence-electron chi connectivity index (χ2n) is 8.27. The molecule has 33 heavy (non-hydrogen) atoms. The van der Waals surface area contributed by atoms with Gasteiger partial charge in [0.05, 0.1) is 5.04 Å². The highest BCUT2D eigenvalue weighted by Gasteiger charge is 2.04. The van der Waals surface area contributed by atoms with E-state index in [0.29, 0.717) is 23.2 Å². The lowest BCUT2D eigenvalue weighted by molar-refractivity contribution is 0.261. The van der Waals surface area contributed by atoms with E-state index in [0.717, 1.165) is 46.8 Å². The van der Waals surface area contributed by atoms with Crippen LogP contribution in [0.15, 0.2) is 36.4 Å². The maximum atomic E-state index is 7.82. The maximum absolute atomic E-state index is 7.82. The van der Waals surface area contributed by atoms with Crippen LogP contribution in [0.1, 0.15) is 22.3 Å². The number of thiocarbonyl (C=S) groups is 1. The van der Waals surface area contributed by atoms with Crippen LogP contribution in [0.5, 0.6) is 11.5 Å². The van der Waals surface area contributed by atoms with Crippen molar-refractivity contribution in [2.24, 2.45) is 5.73 Å². The van der Waals surface area contributed by atoms with Gasteiger partial charge < -0.3 is 25.0 Å². The molecule has 0 aromatic heterocycles. The first kappa shape index (κ1) is 28.9. The van der Waals surface area contributed by atoms with Crippen molar-refractivity contribution in [3.8, 4) is 11.5 Å². The summed E-state index contributed by atoms with van der Waals surface area (Å²) in [5.74, 6) is 1.67. The van der Waals surface area contributed by atoms with E-state index in [2.05, 4.69) is 9.80 Å². The average Bonchev–Trinajstić information content (AvgIpc) is 2.72. The number of benzene rings is 2. The second-order valence-corrected chi connectivity index (χ2v) is 9.53. The number of nitrogens with two attached hydrogens (primary N) is 1. The van der Waals surface area contributed by atoms with Crippen LogP contribution in [0, 0.1) is 19.3 Å². The number of hydrogen-bond donors (Lipinski definition) is 2. The molecule has 0 saturated carbocycles. The maximum Gasteiger partial charge on any atom is 0.120 e. The molecular weight excluding hydrogens is 452 g/mol. The van der Waals surface area contributed by atoms with Crippen LogP contribution < -0.4 is 15.2 Å².